The van der Waals surface area contributed by atoms with Crippen LogP contribution in [0, 0.1) is 6.92 Å². The van der Waals surface area contributed by atoms with Crippen molar-refractivity contribution in [1.29, 1.82) is 0 Å². The summed E-state index contributed by atoms with van der Waals surface area (Å²) in [4.78, 5) is 18.8. The number of fused-ring (bicyclic) bond motifs is 1. The van der Waals surface area contributed by atoms with Gasteiger partial charge in [-0.25, -0.2) is 4.98 Å². The van der Waals surface area contributed by atoms with E-state index in [2.05, 4.69) is 39.5 Å². The second-order valence-corrected chi connectivity index (χ2v) is 5.93. The van der Waals surface area contributed by atoms with Crippen molar-refractivity contribution in [2.45, 2.75) is 33.2 Å². The monoisotopic (exact) mass is 313 g/mol. The van der Waals surface area contributed by atoms with Gasteiger partial charge in [0.25, 0.3) is 5.91 Å². The van der Waals surface area contributed by atoms with Crippen LogP contribution in [0.5, 0.6) is 0 Å². The van der Waals surface area contributed by atoms with E-state index in [1.54, 1.807) is 6.92 Å². The number of aryl methyl sites for hydroxylation is 2. The molecule has 0 saturated carbocycles. The third-order valence-corrected chi connectivity index (χ3v) is 4.27. The molecule has 3 rings (SSSR count). The zero-order chi connectivity index (χ0) is 16.2. The van der Waals surface area contributed by atoms with Gasteiger partial charge in [-0.15, -0.1) is 0 Å². The lowest BCUT2D eigenvalue weighted by Gasteiger charge is -2.28. The van der Waals surface area contributed by atoms with Gasteiger partial charge in [0.1, 0.15) is 0 Å². The molecule has 1 aromatic heterocycles. The average Bonchev–Trinajstić information content (AvgIpc) is 2.96. The van der Waals surface area contributed by atoms with E-state index in [4.69, 9.17) is 4.42 Å². The number of amides is 1. The zero-order valence-electron chi connectivity index (χ0n) is 13.8. The smallest absolute Gasteiger partial charge is 0.289 e. The summed E-state index contributed by atoms with van der Waals surface area (Å²) in [6.07, 6.45) is 1.77. The van der Waals surface area contributed by atoms with E-state index in [0.717, 1.165) is 26.1 Å². The molecule has 1 N–H and O–H groups in total. The first kappa shape index (κ1) is 15.7. The maximum atomic E-state index is 12.2. The Balaban J connectivity index is 1.50. The minimum Gasteiger partial charge on any atom is -0.435 e. The number of nitrogens with zero attached hydrogens (tertiary/aromatic N) is 2. The summed E-state index contributed by atoms with van der Waals surface area (Å²) in [6.45, 7) is 7.21. The highest BCUT2D eigenvalue weighted by atomic mass is 16.4. The van der Waals surface area contributed by atoms with E-state index in [1.165, 1.54) is 11.1 Å². The largest absolute Gasteiger partial charge is 0.435 e. The predicted molar refractivity (Wildman–Crippen MR) is 88.4 cm³/mol. The number of nitrogens with one attached hydrogen (secondary N) is 1. The van der Waals surface area contributed by atoms with Gasteiger partial charge < -0.3 is 9.73 Å². The van der Waals surface area contributed by atoms with Crippen molar-refractivity contribution >= 4 is 5.91 Å². The number of hydrogen-bond donors (Lipinski definition) is 1. The molecule has 1 aliphatic rings. The molecule has 2 aromatic rings. The van der Waals surface area contributed by atoms with Gasteiger partial charge in [0.15, 0.2) is 5.89 Å². The summed E-state index contributed by atoms with van der Waals surface area (Å²) < 4.78 is 5.48. The SMILES string of the molecule is CCc1nc(C)c(C(=O)NCCN2CCc3ccccc3C2)o1. The molecule has 0 bridgehead atoms. The van der Waals surface area contributed by atoms with Gasteiger partial charge in [-0.1, -0.05) is 31.2 Å². The Morgan fingerprint density at radius 2 is 2.13 bits per heavy atom. The Hall–Kier alpha value is -2.14. The molecule has 0 unspecified atom stereocenters. The number of rotatable bonds is 5. The maximum Gasteiger partial charge on any atom is 0.289 e. The first-order chi connectivity index (χ1) is 11.2. The fourth-order valence-corrected chi connectivity index (χ4v) is 2.97. The highest BCUT2D eigenvalue weighted by Crippen LogP contribution is 2.17. The summed E-state index contributed by atoms with van der Waals surface area (Å²) in [7, 11) is 0. The molecule has 0 saturated heterocycles. The van der Waals surface area contributed by atoms with Gasteiger partial charge in [0, 0.05) is 32.6 Å². The molecule has 5 nitrogen and oxygen atoms in total. The number of benzene rings is 1. The number of aromatic nitrogens is 1. The molecule has 0 aliphatic carbocycles. The van der Waals surface area contributed by atoms with E-state index in [1.807, 2.05) is 6.92 Å². The second-order valence-electron chi connectivity index (χ2n) is 5.93. The quantitative estimate of drug-likeness (QED) is 0.920. The lowest BCUT2D eigenvalue weighted by molar-refractivity contribution is 0.0917. The minimum atomic E-state index is -0.174. The number of carbonyl (C=O) groups excluding carboxylic acids is 1. The average molecular weight is 313 g/mol. The van der Waals surface area contributed by atoms with Crippen LogP contribution < -0.4 is 5.32 Å². The zero-order valence-corrected chi connectivity index (χ0v) is 13.8. The molecule has 1 aliphatic heterocycles. The number of carbonyl (C=O) groups is 1. The third-order valence-electron chi connectivity index (χ3n) is 4.27. The molecule has 0 spiro atoms. The van der Waals surface area contributed by atoms with Crippen molar-refractivity contribution in [2.75, 3.05) is 19.6 Å². The molecular formula is C18H23N3O2. The van der Waals surface area contributed by atoms with Gasteiger partial charge in [-0.3, -0.25) is 9.69 Å². The molecule has 0 atom stereocenters. The van der Waals surface area contributed by atoms with Crippen molar-refractivity contribution in [1.82, 2.24) is 15.2 Å². The molecule has 1 aromatic carbocycles. The molecule has 2 heterocycles. The summed E-state index contributed by atoms with van der Waals surface area (Å²) in [5.74, 6) is 0.776. The van der Waals surface area contributed by atoms with Crippen LogP contribution in [0.2, 0.25) is 0 Å². The van der Waals surface area contributed by atoms with E-state index in [9.17, 15) is 4.79 Å². The summed E-state index contributed by atoms with van der Waals surface area (Å²) >= 11 is 0. The van der Waals surface area contributed by atoms with Gasteiger partial charge >= 0.3 is 0 Å². The van der Waals surface area contributed by atoms with Gasteiger partial charge in [-0.2, -0.15) is 0 Å². The van der Waals surface area contributed by atoms with Crippen LogP contribution in [0.15, 0.2) is 28.7 Å². The molecule has 5 heteroatoms. The third kappa shape index (κ3) is 3.62. The Kier molecular flexibility index (Phi) is 4.76. The summed E-state index contributed by atoms with van der Waals surface area (Å²) in [5.41, 5.74) is 3.49. The topological polar surface area (TPSA) is 58.4 Å². The molecule has 122 valence electrons. The van der Waals surface area contributed by atoms with Crippen molar-refractivity contribution in [3.8, 4) is 0 Å². The van der Waals surface area contributed by atoms with Gasteiger partial charge in [0.2, 0.25) is 5.76 Å². The second kappa shape index (κ2) is 6.96. The van der Waals surface area contributed by atoms with Crippen LogP contribution in [-0.4, -0.2) is 35.4 Å². The normalized spacial score (nSPS) is 14.5. The minimum absolute atomic E-state index is 0.174. The number of hydrogen-bond acceptors (Lipinski definition) is 4. The maximum absolute atomic E-state index is 12.2. The fourth-order valence-electron chi connectivity index (χ4n) is 2.97. The molecule has 0 fully saturated rings. The van der Waals surface area contributed by atoms with Crippen LogP contribution >= 0.6 is 0 Å². The molecule has 1 amide bonds. The highest BCUT2D eigenvalue weighted by molar-refractivity contribution is 5.92. The lowest BCUT2D eigenvalue weighted by atomic mass is 10.00. The molecular weight excluding hydrogens is 290 g/mol. The summed E-state index contributed by atoms with van der Waals surface area (Å²) in [6, 6.07) is 8.57. The van der Waals surface area contributed by atoms with E-state index in [0.29, 0.717) is 30.3 Å². The van der Waals surface area contributed by atoms with Crippen LogP contribution in [0.25, 0.3) is 0 Å². The first-order valence-corrected chi connectivity index (χ1v) is 8.21. The van der Waals surface area contributed by atoms with Crippen LogP contribution in [0.1, 0.15) is 40.2 Å². The Bertz CT molecular complexity index is 693. The van der Waals surface area contributed by atoms with Crippen molar-refractivity contribution in [2.24, 2.45) is 0 Å². The van der Waals surface area contributed by atoms with E-state index < -0.39 is 0 Å². The summed E-state index contributed by atoms with van der Waals surface area (Å²) in [5, 5.41) is 2.93. The van der Waals surface area contributed by atoms with Crippen molar-refractivity contribution < 1.29 is 9.21 Å². The van der Waals surface area contributed by atoms with Crippen LogP contribution in [-0.2, 0) is 19.4 Å². The highest BCUT2D eigenvalue weighted by Gasteiger charge is 2.18. The van der Waals surface area contributed by atoms with E-state index >= 15 is 0 Å². The Morgan fingerprint density at radius 1 is 1.35 bits per heavy atom. The standard InChI is InChI=1S/C18H23N3O2/c1-3-16-20-13(2)17(23-16)18(22)19-9-11-21-10-8-14-6-4-5-7-15(14)12-21/h4-7H,3,8-12H2,1-2H3,(H,19,22). The predicted octanol–water partition coefficient (Wildman–Crippen LogP) is 2.33. The van der Waals surface area contributed by atoms with Gasteiger partial charge in [0.05, 0.1) is 5.69 Å². The van der Waals surface area contributed by atoms with Gasteiger partial charge in [-0.05, 0) is 24.5 Å². The Morgan fingerprint density at radius 3 is 2.87 bits per heavy atom. The lowest BCUT2D eigenvalue weighted by Crippen LogP contribution is -2.37. The van der Waals surface area contributed by atoms with Crippen LogP contribution in [0.3, 0.4) is 0 Å². The van der Waals surface area contributed by atoms with Crippen molar-refractivity contribution in [3.63, 3.8) is 0 Å². The first-order valence-electron chi connectivity index (χ1n) is 8.21. The fraction of sp³-hybridized carbons (Fsp3) is 0.444. The molecule has 23 heavy (non-hydrogen) atoms. The number of oxazole rings is 1. The molecule has 0 radical (unpaired) electrons. The van der Waals surface area contributed by atoms with Crippen LogP contribution in [0.4, 0.5) is 0 Å². The van der Waals surface area contributed by atoms with Crippen molar-refractivity contribution in [3.05, 3.63) is 52.7 Å². The van der Waals surface area contributed by atoms with E-state index in [-0.39, 0.29) is 5.91 Å². The Labute approximate surface area is 136 Å².